The summed E-state index contributed by atoms with van der Waals surface area (Å²) in [5, 5.41) is 0. The van der Waals surface area contributed by atoms with Crippen molar-refractivity contribution in [3.8, 4) is 0 Å². The Bertz CT molecular complexity index is 399. The molecule has 0 aromatic rings. The van der Waals surface area contributed by atoms with Gasteiger partial charge < -0.3 is 5.73 Å². The van der Waals surface area contributed by atoms with Crippen LogP contribution in [-0.2, 0) is 4.79 Å². The van der Waals surface area contributed by atoms with Crippen molar-refractivity contribution in [2.45, 2.75) is 110 Å². The quantitative estimate of drug-likeness (QED) is 0.348. The Morgan fingerprint density at radius 3 is 2.00 bits per heavy atom. The minimum absolute atomic E-state index is 0.429. The first kappa shape index (κ1) is 20.9. The lowest BCUT2D eigenvalue weighted by molar-refractivity contribution is -0.119. The number of hydrogen-bond donors (Lipinski definition) is 1. The Morgan fingerprint density at radius 1 is 0.917 bits per heavy atom. The van der Waals surface area contributed by atoms with E-state index in [-0.39, 0.29) is 0 Å². The maximum Gasteiger partial charge on any atom is 0.132 e. The van der Waals surface area contributed by atoms with Gasteiger partial charge in [0.2, 0.25) is 0 Å². The number of amidine groups is 1. The summed E-state index contributed by atoms with van der Waals surface area (Å²) >= 11 is 0. The number of unbranched alkanes of at least 4 members (excludes halogenated alkanes) is 10. The van der Waals surface area contributed by atoms with Gasteiger partial charge in [-0.25, -0.2) is 4.99 Å². The van der Waals surface area contributed by atoms with E-state index < -0.39 is 0 Å². The molecule has 0 aliphatic carbocycles. The Morgan fingerprint density at radius 2 is 1.46 bits per heavy atom. The third-order valence-electron chi connectivity index (χ3n) is 4.83. The maximum atomic E-state index is 11.9. The number of nitrogens with zero attached hydrogens (tertiary/aromatic N) is 1. The van der Waals surface area contributed by atoms with Crippen molar-refractivity contribution in [1.82, 2.24) is 0 Å². The molecule has 1 rings (SSSR count). The van der Waals surface area contributed by atoms with Crippen LogP contribution in [0.5, 0.6) is 0 Å². The van der Waals surface area contributed by atoms with E-state index in [1.807, 2.05) is 6.20 Å². The highest BCUT2D eigenvalue weighted by Gasteiger charge is 2.08. The highest BCUT2D eigenvalue weighted by atomic mass is 16.1. The second kappa shape index (κ2) is 14.2. The van der Waals surface area contributed by atoms with Crippen molar-refractivity contribution in [2.24, 2.45) is 10.7 Å². The monoisotopic (exact) mass is 334 g/mol. The van der Waals surface area contributed by atoms with Crippen LogP contribution >= 0.6 is 0 Å². The zero-order chi connectivity index (χ0) is 17.5. The number of carbonyl (C=O) groups is 1. The minimum Gasteiger partial charge on any atom is -0.387 e. The summed E-state index contributed by atoms with van der Waals surface area (Å²) in [7, 11) is 0. The lowest BCUT2D eigenvalue weighted by atomic mass is 10.0. The van der Waals surface area contributed by atoms with Crippen molar-refractivity contribution >= 4 is 11.6 Å². The van der Waals surface area contributed by atoms with E-state index in [0.717, 1.165) is 38.5 Å². The van der Waals surface area contributed by atoms with Crippen LogP contribution in [0.2, 0.25) is 0 Å². The fourth-order valence-electron chi connectivity index (χ4n) is 3.28. The molecule has 0 amide bonds. The molecule has 0 fully saturated rings. The van der Waals surface area contributed by atoms with Crippen LogP contribution in [0.4, 0.5) is 0 Å². The summed E-state index contributed by atoms with van der Waals surface area (Å²) < 4.78 is 0. The molecular formula is C21H38N2O. The summed E-state index contributed by atoms with van der Waals surface area (Å²) in [5.41, 5.74) is 6.91. The first-order chi connectivity index (χ1) is 11.7. The Hall–Kier alpha value is -1.12. The lowest BCUT2D eigenvalue weighted by Crippen LogP contribution is -2.08. The largest absolute Gasteiger partial charge is 0.387 e. The molecule has 3 heteroatoms. The molecule has 138 valence electrons. The molecule has 0 aromatic carbocycles. The summed E-state index contributed by atoms with van der Waals surface area (Å²) in [4.78, 5) is 15.9. The fraction of sp³-hybridized carbons (Fsp3) is 0.810. The second-order valence-electron chi connectivity index (χ2n) is 7.26. The van der Waals surface area contributed by atoms with Crippen LogP contribution in [-0.4, -0.2) is 11.6 Å². The van der Waals surface area contributed by atoms with Gasteiger partial charge in [0.25, 0.3) is 0 Å². The highest BCUT2D eigenvalue weighted by Crippen LogP contribution is 2.17. The van der Waals surface area contributed by atoms with E-state index in [4.69, 9.17) is 5.73 Å². The van der Waals surface area contributed by atoms with E-state index >= 15 is 0 Å². The van der Waals surface area contributed by atoms with Crippen LogP contribution in [0, 0.1) is 0 Å². The normalized spacial score (nSPS) is 13.9. The molecule has 0 saturated heterocycles. The van der Waals surface area contributed by atoms with Gasteiger partial charge in [-0.2, -0.15) is 0 Å². The van der Waals surface area contributed by atoms with E-state index in [2.05, 4.69) is 11.9 Å². The Balaban J connectivity index is 1.79. The molecule has 0 bridgehead atoms. The summed E-state index contributed by atoms with van der Waals surface area (Å²) in [5.74, 6) is 1.13. The molecule has 2 N–H and O–H groups in total. The summed E-state index contributed by atoms with van der Waals surface area (Å²) in [6, 6.07) is 0. The smallest absolute Gasteiger partial charge is 0.132 e. The first-order valence-electron chi connectivity index (χ1n) is 10.2. The van der Waals surface area contributed by atoms with Crippen LogP contribution in [0.15, 0.2) is 16.8 Å². The van der Waals surface area contributed by atoms with E-state index in [1.165, 1.54) is 69.8 Å². The molecule has 0 radical (unpaired) electrons. The highest BCUT2D eigenvalue weighted by molar-refractivity contribution is 5.85. The zero-order valence-corrected chi connectivity index (χ0v) is 15.8. The third-order valence-corrected chi connectivity index (χ3v) is 4.83. The van der Waals surface area contributed by atoms with Gasteiger partial charge in [-0.3, -0.25) is 4.79 Å². The first-order valence-corrected chi connectivity index (χ1v) is 10.2. The van der Waals surface area contributed by atoms with Crippen molar-refractivity contribution in [3.63, 3.8) is 0 Å². The van der Waals surface area contributed by atoms with Gasteiger partial charge >= 0.3 is 0 Å². The Labute approximate surface area is 149 Å². The van der Waals surface area contributed by atoms with E-state index in [9.17, 15) is 4.79 Å². The van der Waals surface area contributed by atoms with E-state index in [1.54, 1.807) is 0 Å². The van der Waals surface area contributed by atoms with Crippen LogP contribution < -0.4 is 5.73 Å². The molecule has 0 saturated carbocycles. The zero-order valence-electron chi connectivity index (χ0n) is 15.8. The number of hydrogen-bond acceptors (Lipinski definition) is 3. The average molecular weight is 335 g/mol. The number of nitrogens with two attached hydrogens (primary N) is 1. The third kappa shape index (κ3) is 11.4. The molecule has 3 nitrogen and oxygen atoms in total. The van der Waals surface area contributed by atoms with Gasteiger partial charge in [0.1, 0.15) is 11.6 Å². The predicted molar refractivity (Wildman–Crippen MR) is 104 cm³/mol. The second-order valence-corrected chi connectivity index (χ2v) is 7.26. The molecule has 24 heavy (non-hydrogen) atoms. The standard InChI is InChI=1S/C21H38N2O/c1-2-3-4-5-6-7-8-9-10-11-12-15-20(24)16-13-14-19-17-21(22)23-18-19/h18H,2-17H2,1H3,(H2,22,23). The fourth-order valence-corrected chi connectivity index (χ4v) is 3.28. The molecule has 0 aromatic heterocycles. The van der Waals surface area contributed by atoms with Crippen molar-refractivity contribution in [2.75, 3.05) is 0 Å². The summed E-state index contributed by atoms with van der Waals surface area (Å²) in [6.07, 6.45) is 20.7. The molecule has 1 heterocycles. The molecule has 1 aliphatic heterocycles. The lowest BCUT2D eigenvalue weighted by Gasteiger charge is -2.04. The summed E-state index contributed by atoms with van der Waals surface area (Å²) in [6.45, 7) is 2.27. The van der Waals surface area contributed by atoms with Gasteiger partial charge in [-0.05, 0) is 24.8 Å². The van der Waals surface area contributed by atoms with Crippen LogP contribution in [0.3, 0.4) is 0 Å². The topological polar surface area (TPSA) is 55.5 Å². The average Bonchev–Trinajstić information content (AvgIpc) is 2.98. The van der Waals surface area contributed by atoms with Crippen LogP contribution in [0.1, 0.15) is 110 Å². The predicted octanol–water partition coefficient (Wildman–Crippen LogP) is 6.07. The number of ketones is 1. The van der Waals surface area contributed by atoms with Crippen LogP contribution in [0.25, 0.3) is 0 Å². The van der Waals surface area contributed by atoms with E-state index in [0.29, 0.717) is 11.6 Å². The van der Waals surface area contributed by atoms with Gasteiger partial charge in [0.15, 0.2) is 0 Å². The number of rotatable bonds is 16. The molecule has 0 atom stereocenters. The van der Waals surface area contributed by atoms with Crippen molar-refractivity contribution in [3.05, 3.63) is 11.8 Å². The van der Waals surface area contributed by atoms with Gasteiger partial charge in [0.05, 0.1) is 0 Å². The SMILES string of the molecule is CCCCCCCCCCCCCC(=O)CCCC1=CN=C(N)C1. The van der Waals surface area contributed by atoms with Gasteiger partial charge in [-0.1, -0.05) is 71.1 Å². The van der Waals surface area contributed by atoms with Crippen molar-refractivity contribution < 1.29 is 4.79 Å². The number of carbonyl (C=O) groups excluding carboxylic acids is 1. The number of aliphatic imine (C=N–C) groups is 1. The molecule has 0 spiro atoms. The Kier molecular flexibility index (Phi) is 12.4. The molecule has 1 aliphatic rings. The molecular weight excluding hydrogens is 296 g/mol. The van der Waals surface area contributed by atoms with Gasteiger partial charge in [-0.15, -0.1) is 0 Å². The van der Waals surface area contributed by atoms with Gasteiger partial charge in [0, 0.05) is 25.5 Å². The molecule has 0 unspecified atom stereocenters. The van der Waals surface area contributed by atoms with Crippen molar-refractivity contribution in [1.29, 1.82) is 0 Å². The minimum atomic E-state index is 0.429. The maximum absolute atomic E-state index is 11.9. The number of Topliss-reactive ketones (excluding diaryl/α,β-unsaturated/α-hetero) is 1.